The summed E-state index contributed by atoms with van der Waals surface area (Å²) in [5.74, 6) is -0.733. The summed E-state index contributed by atoms with van der Waals surface area (Å²) >= 11 is 4.14. The van der Waals surface area contributed by atoms with E-state index in [1.165, 1.54) is 13.2 Å². The van der Waals surface area contributed by atoms with Crippen LogP contribution in [-0.2, 0) is 23.9 Å². The Morgan fingerprint density at radius 1 is 1.24 bits per heavy atom. The summed E-state index contributed by atoms with van der Waals surface area (Å²) < 4.78 is 21.4. The van der Waals surface area contributed by atoms with Crippen LogP contribution in [0.25, 0.3) is 6.08 Å². The molecule has 0 aliphatic carbocycles. The number of esters is 1. The molecule has 3 amide bonds. The molecule has 2 heterocycles. The van der Waals surface area contributed by atoms with Crippen molar-refractivity contribution in [2.75, 3.05) is 53.2 Å². The molecule has 2 saturated heterocycles. The first-order valence-corrected chi connectivity index (χ1v) is 11.7. The highest BCUT2D eigenvalue weighted by atomic mass is 79.9. The summed E-state index contributed by atoms with van der Waals surface area (Å²) in [5, 5.41) is -0.506. The topological polar surface area (TPSA) is 112 Å². The van der Waals surface area contributed by atoms with Crippen LogP contribution in [0.4, 0.5) is 4.79 Å². The molecule has 0 radical (unpaired) electrons. The lowest BCUT2D eigenvalue weighted by molar-refractivity contribution is -0.145. The van der Waals surface area contributed by atoms with Gasteiger partial charge in [0.05, 0.1) is 36.3 Å². The third kappa shape index (κ3) is 6.27. The van der Waals surface area contributed by atoms with Crippen LogP contribution in [-0.4, -0.2) is 86.0 Å². The molecule has 0 aromatic heterocycles. The molecule has 0 saturated carbocycles. The van der Waals surface area contributed by atoms with Gasteiger partial charge in [-0.3, -0.25) is 19.3 Å². The molecule has 2 aliphatic heterocycles. The number of amides is 3. The fraction of sp³-hybridized carbons (Fsp3) is 0.429. The molecular formula is C21H23BrN2O8S. The Morgan fingerprint density at radius 3 is 2.64 bits per heavy atom. The Balaban J connectivity index is 1.73. The lowest BCUT2D eigenvalue weighted by atomic mass is 10.2. The van der Waals surface area contributed by atoms with Crippen molar-refractivity contribution in [2.45, 2.75) is 6.92 Å². The quantitative estimate of drug-likeness (QED) is 0.360. The number of rotatable bonds is 8. The smallest absolute Gasteiger partial charge is 0.344 e. The second-order valence-corrected chi connectivity index (χ2v) is 8.74. The highest BCUT2D eigenvalue weighted by Gasteiger charge is 2.37. The third-order valence-corrected chi connectivity index (χ3v) is 6.22. The number of methoxy groups -OCH3 is 1. The van der Waals surface area contributed by atoms with Crippen molar-refractivity contribution in [3.63, 3.8) is 0 Å². The van der Waals surface area contributed by atoms with Crippen molar-refractivity contribution >= 4 is 56.8 Å². The van der Waals surface area contributed by atoms with Gasteiger partial charge < -0.3 is 23.8 Å². The van der Waals surface area contributed by atoms with Crippen LogP contribution in [0, 0.1) is 0 Å². The molecule has 33 heavy (non-hydrogen) atoms. The van der Waals surface area contributed by atoms with Gasteiger partial charge in [0, 0.05) is 13.1 Å². The van der Waals surface area contributed by atoms with Crippen LogP contribution in [0.3, 0.4) is 0 Å². The van der Waals surface area contributed by atoms with Crippen LogP contribution in [0.1, 0.15) is 12.5 Å². The van der Waals surface area contributed by atoms with Gasteiger partial charge in [0.15, 0.2) is 18.1 Å². The first-order chi connectivity index (χ1) is 15.8. The van der Waals surface area contributed by atoms with Gasteiger partial charge in [0.2, 0.25) is 5.91 Å². The minimum absolute atomic E-state index is 0.184. The van der Waals surface area contributed by atoms with Crippen molar-refractivity contribution in [2.24, 2.45) is 0 Å². The van der Waals surface area contributed by atoms with E-state index in [-0.39, 0.29) is 30.6 Å². The van der Waals surface area contributed by atoms with Gasteiger partial charge in [0.1, 0.15) is 6.54 Å². The number of thioether (sulfide) groups is 1. The first kappa shape index (κ1) is 25.1. The summed E-state index contributed by atoms with van der Waals surface area (Å²) in [6, 6.07) is 3.27. The molecular weight excluding hydrogens is 520 g/mol. The Morgan fingerprint density at radius 2 is 1.97 bits per heavy atom. The fourth-order valence-corrected chi connectivity index (χ4v) is 4.55. The van der Waals surface area contributed by atoms with Crippen LogP contribution in [0.2, 0.25) is 0 Å². The normalized spacial score (nSPS) is 17.5. The number of ether oxygens (including phenoxy) is 4. The predicted octanol–water partition coefficient (Wildman–Crippen LogP) is 2.29. The van der Waals surface area contributed by atoms with Crippen molar-refractivity contribution in [3.8, 4) is 11.5 Å². The SMILES string of the molecule is CCOC(=O)COc1c(Br)cc(/C=C2/SC(=O)N(CC(=O)N3CCOCC3)C2=O)cc1OC. The number of benzene rings is 1. The van der Waals surface area contributed by atoms with Crippen molar-refractivity contribution in [1.82, 2.24) is 9.80 Å². The molecule has 2 aliphatic rings. The number of halogens is 1. The molecule has 0 N–H and O–H groups in total. The molecule has 1 aromatic rings. The van der Waals surface area contributed by atoms with Gasteiger partial charge in [-0.1, -0.05) is 0 Å². The van der Waals surface area contributed by atoms with Crippen LogP contribution < -0.4 is 9.47 Å². The lowest BCUT2D eigenvalue weighted by Crippen LogP contribution is -2.46. The molecule has 12 heteroatoms. The van der Waals surface area contributed by atoms with E-state index in [0.29, 0.717) is 47.8 Å². The molecule has 0 unspecified atom stereocenters. The zero-order valence-electron chi connectivity index (χ0n) is 18.1. The molecule has 178 valence electrons. The van der Waals surface area contributed by atoms with Crippen molar-refractivity contribution < 1.29 is 38.1 Å². The largest absolute Gasteiger partial charge is 0.493 e. The summed E-state index contributed by atoms with van der Waals surface area (Å²) in [6.45, 7) is 3.07. The molecule has 2 fully saturated rings. The van der Waals surface area contributed by atoms with Crippen molar-refractivity contribution in [1.29, 1.82) is 0 Å². The summed E-state index contributed by atoms with van der Waals surface area (Å²) in [6.07, 6.45) is 1.53. The minimum atomic E-state index is -0.538. The Hall–Kier alpha value is -2.57. The van der Waals surface area contributed by atoms with E-state index >= 15 is 0 Å². The van der Waals surface area contributed by atoms with Crippen LogP contribution in [0.5, 0.6) is 11.5 Å². The maximum Gasteiger partial charge on any atom is 0.344 e. The van der Waals surface area contributed by atoms with E-state index in [0.717, 1.165) is 16.7 Å². The maximum absolute atomic E-state index is 12.8. The maximum atomic E-state index is 12.8. The number of carbonyl (C=O) groups excluding carboxylic acids is 4. The van der Waals surface area contributed by atoms with E-state index in [4.69, 9.17) is 18.9 Å². The van der Waals surface area contributed by atoms with Crippen LogP contribution in [0.15, 0.2) is 21.5 Å². The number of morpholine rings is 1. The second kappa shape index (κ2) is 11.5. The molecule has 0 bridgehead atoms. The Kier molecular flexibility index (Phi) is 8.75. The van der Waals surface area contributed by atoms with Crippen molar-refractivity contribution in [3.05, 3.63) is 27.1 Å². The van der Waals surface area contributed by atoms with Gasteiger partial charge in [0.25, 0.3) is 11.1 Å². The molecule has 10 nitrogen and oxygen atoms in total. The van der Waals surface area contributed by atoms with Gasteiger partial charge in [-0.15, -0.1) is 0 Å². The molecule has 3 rings (SSSR count). The summed E-state index contributed by atoms with van der Waals surface area (Å²) in [4.78, 5) is 51.9. The first-order valence-electron chi connectivity index (χ1n) is 10.1. The highest BCUT2D eigenvalue weighted by Crippen LogP contribution is 2.39. The zero-order chi connectivity index (χ0) is 24.0. The van der Waals surface area contributed by atoms with E-state index in [1.807, 2.05) is 0 Å². The number of nitrogens with zero attached hydrogens (tertiary/aromatic N) is 2. The summed E-state index contributed by atoms with van der Waals surface area (Å²) in [5.41, 5.74) is 0.562. The van der Waals surface area contributed by atoms with E-state index in [9.17, 15) is 19.2 Å². The lowest BCUT2D eigenvalue weighted by Gasteiger charge is -2.28. The standard InChI is InChI=1S/C21H23BrN2O8S/c1-3-31-18(26)12-32-19-14(22)8-13(9-15(19)29-2)10-16-20(27)24(21(28)33-16)11-17(25)23-4-6-30-7-5-23/h8-10H,3-7,11-12H2,1-2H3/b16-10+. The minimum Gasteiger partial charge on any atom is -0.493 e. The monoisotopic (exact) mass is 542 g/mol. The molecule has 1 aromatic carbocycles. The molecule has 0 spiro atoms. The number of hydrogen-bond acceptors (Lipinski definition) is 9. The fourth-order valence-electron chi connectivity index (χ4n) is 3.13. The van der Waals surface area contributed by atoms with Gasteiger partial charge in [-0.25, -0.2) is 4.79 Å². The van der Waals surface area contributed by atoms with E-state index < -0.39 is 17.1 Å². The third-order valence-electron chi connectivity index (χ3n) is 4.72. The van der Waals surface area contributed by atoms with Crippen LogP contribution >= 0.6 is 27.7 Å². The molecule has 0 atom stereocenters. The van der Waals surface area contributed by atoms with E-state index in [1.54, 1.807) is 24.0 Å². The number of imide groups is 1. The Labute approximate surface area is 203 Å². The van der Waals surface area contributed by atoms with Gasteiger partial charge in [-0.05, 0) is 58.4 Å². The zero-order valence-corrected chi connectivity index (χ0v) is 20.5. The average molecular weight is 543 g/mol. The number of carbonyl (C=O) groups is 4. The van der Waals surface area contributed by atoms with Gasteiger partial charge >= 0.3 is 5.97 Å². The second-order valence-electron chi connectivity index (χ2n) is 6.89. The highest BCUT2D eigenvalue weighted by molar-refractivity contribution is 9.10. The average Bonchev–Trinajstić information content (AvgIpc) is 3.06. The number of hydrogen-bond donors (Lipinski definition) is 0. The summed E-state index contributed by atoms with van der Waals surface area (Å²) in [7, 11) is 1.44. The Bertz CT molecular complexity index is 977. The predicted molar refractivity (Wildman–Crippen MR) is 123 cm³/mol. The van der Waals surface area contributed by atoms with E-state index in [2.05, 4.69) is 15.9 Å². The van der Waals surface area contributed by atoms with Gasteiger partial charge in [-0.2, -0.15) is 0 Å².